The van der Waals surface area contributed by atoms with Gasteiger partial charge in [-0.3, -0.25) is 0 Å². The lowest BCUT2D eigenvalue weighted by Gasteiger charge is -2.14. The quantitative estimate of drug-likeness (QED) is 0.852. The van der Waals surface area contributed by atoms with Crippen LogP contribution in [0.5, 0.6) is 5.75 Å². The highest BCUT2D eigenvalue weighted by molar-refractivity contribution is 6.31. The molecule has 0 heterocycles. The van der Waals surface area contributed by atoms with Gasteiger partial charge < -0.3 is 10.5 Å². The van der Waals surface area contributed by atoms with Gasteiger partial charge in [-0.25, -0.2) is 4.39 Å². The van der Waals surface area contributed by atoms with Gasteiger partial charge in [0, 0.05) is 16.8 Å². The van der Waals surface area contributed by atoms with Gasteiger partial charge in [-0.1, -0.05) is 23.7 Å². The van der Waals surface area contributed by atoms with E-state index in [9.17, 15) is 4.39 Å². The van der Waals surface area contributed by atoms with Crippen molar-refractivity contribution in [2.45, 2.75) is 20.5 Å². The van der Waals surface area contributed by atoms with Gasteiger partial charge in [-0.2, -0.15) is 0 Å². The molecule has 0 atom stereocenters. The Morgan fingerprint density at radius 3 is 2.63 bits per heavy atom. The monoisotopic (exact) mass is 279 g/mol. The zero-order valence-electron chi connectivity index (χ0n) is 10.8. The molecule has 2 rings (SSSR count). The molecule has 0 fully saturated rings. The third-order valence-electron chi connectivity index (χ3n) is 3.03. The Hall–Kier alpha value is -1.74. The molecule has 0 aromatic heterocycles. The van der Waals surface area contributed by atoms with E-state index in [2.05, 4.69) is 0 Å². The number of ether oxygens (including phenoxy) is 1. The summed E-state index contributed by atoms with van der Waals surface area (Å²) in [6, 6.07) is 8.02. The van der Waals surface area contributed by atoms with Crippen molar-refractivity contribution in [2.75, 3.05) is 5.73 Å². The van der Waals surface area contributed by atoms with Crippen molar-refractivity contribution >= 4 is 17.3 Å². The predicted molar refractivity (Wildman–Crippen MR) is 76.1 cm³/mol. The highest BCUT2D eigenvalue weighted by Gasteiger charge is 2.09. The van der Waals surface area contributed by atoms with Crippen molar-refractivity contribution in [3.63, 3.8) is 0 Å². The van der Waals surface area contributed by atoms with E-state index < -0.39 is 0 Å². The minimum Gasteiger partial charge on any atom is -0.488 e. The molecular formula is C15H15ClFNO. The lowest BCUT2D eigenvalue weighted by atomic mass is 10.1. The molecule has 4 heteroatoms. The molecule has 0 aliphatic heterocycles. The molecule has 0 saturated carbocycles. The number of aryl methyl sites for hydroxylation is 1. The first-order chi connectivity index (χ1) is 8.99. The average molecular weight is 280 g/mol. The van der Waals surface area contributed by atoms with E-state index in [-0.39, 0.29) is 12.4 Å². The van der Waals surface area contributed by atoms with E-state index in [1.807, 2.05) is 26.0 Å². The van der Waals surface area contributed by atoms with Crippen LogP contribution in [0, 0.1) is 19.7 Å². The Morgan fingerprint density at radius 1 is 1.21 bits per heavy atom. The second-order valence-electron chi connectivity index (χ2n) is 4.45. The van der Waals surface area contributed by atoms with Gasteiger partial charge in [-0.15, -0.1) is 0 Å². The standard InChI is InChI=1S/C15H15ClFNO/c1-9-3-6-14(18)10(2)15(9)19-8-11-4-5-12(17)7-13(11)16/h3-7H,8,18H2,1-2H3. The lowest BCUT2D eigenvalue weighted by molar-refractivity contribution is 0.302. The molecule has 100 valence electrons. The minimum absolute atomic E-state index is 0.282. The Bertz CT molecular complexity index is 613. The number of halogens is 2. The zero-order valence-corrected chi connectivity index (χ0v) is 11.6. The Morgan fingerprint density at radius 2 is 1.95 bits per heavy atom. The highest BCUT2D eigenvalue weighted by atomic mass is 35.5. The van der Waals surface area contributed by atoms with E-state index >= 15 is 0 Å². The first-order valence-electron chi connectivity index (χ1n) is 5.91. The Labute approximate surface area is 117 Å². The van der Waals surface area contributed by atoms with E-state index in [0.29, 0.717) is 10.7 Å². The minimum atomic E-state index is -0.356. The first-order valence-corrected chi connectivity index (χ1v) is 6.29. The highest BCUT2D eigenvalue weighted by Crippen LogP contribution is 2.29. The summed E-state index contributed by atoms with van der Waals surface area (Å²) >= 11 is 5.96. The van der Waals surface area contributed by atoms with Gasteiger partial charge in [0.1, 0.15) is 18.2 Å². The molecule has 0 unspecified atom stereocenters. The molecular weight excluding hydrogens is 265 g/mol. The van der Waals surface area contributed by atoms with Gasteiger partial charge in [0.25, 0.3) is 0 Å². The molecule has 0 radical (unpaired) electrons. The SMILES string of the molecule is Cc1ccc(N)c(C)c1OCc1ccc(F)cc1Cl. The molecule has 0 spiro atoms. The van der Waals surface area contributed by atoms with E-state index in [1.54, 1.807) is 6.07 Å². The molecule has 2 nitrogen and oxygen atoms in total. The van der Waals surface area contributed by atoms with Crippen molar-refractivity contribution in [1.82, 2.24) is 0 Å². The van der Waals surface area contributed by atoms with Gasteiger partial charge >= 0.3 is 0 Å². The summed E-state index contributed by atoms with van der Waals surface area (Å²) < 4.78 is 18.7. The number of benzene rings is 2. The van der Waals surface area contributed by atoms with Crippen molar-refractivity contribution in [3.05, 3.63) is 57.9 Å². The second kappa shape index (κ2) is 5.49. The number of nitrogens with two attached hydrogens (primary N) is 1. The molecule has 0 aliphatic carbocycles. The van der Waals surface area contributed by atoms with Gasteiger partial charge in [0.05, 0.1) is 5.02 Å². The Balaban J connectivity index is 2.21. The molecule has 0 saturated heterocycles. The van der Waals surface area contributed by atoms with Crippen LogP contribution in [-0.4, -0.2) is 0 Å². The topological polar surface area (TPSA) is 35.2 Å². The number of nitrogen functional groups attached to an aromatic ring is 1. The number of hydrogen-bond acceptors (Lipinski definition) is 2. The molecule has 2 aromatic rings. The predicted octanol–water partition coefficient (Wildman–Crippen LogP) is 4.26. The van der Waals surface area contributed by atoms with Crippen molar-refractivity contribution in [2.24, 2.45) is 0 Å². The van der Waals surface area contributed by atoms with Crippen LogP contribution in [0.3, 0.4) is 0 Å². The lowest BCUT2D eigenvalue weighted by Crippen LogP contribution is -2.02. The second-order valence-corrected chi connectivity index (χ2v) is 4.86. The fraction of sp³-hybridized carbons (Fsp3) is 0.200. The first kappa shape index (κ1) is 13.7. The fourth-order valence-electron chi connectivity index (χ4n) is 1.85. The van der Waals surface area contributed by atoms with Gasteiger partial charge in [0.2, 0.25) is 0 Å². The maximum Gasteiger partial charge on any atom is 0.127 e. The van der Waals surface area contributed by atoms with Gasteiger partial charge in [0.15, 0.2) is 0 Å². The normalized spacial score (nSPS) is 10.5. The van der Waals surface area contributed by atoms with Crippen LogP contribution in [0.15, 0.2) is 30.3 Å². The molecule has 0 bridgehead atoms. The van der Waals surface area contributed by atoms with Crippen LogP contribution in [0.2, 0.25) is 5.02 Å². The number of hydrogen-bond donors (Lipinski definition) is 1. The van der Waals surface area contributed by atoms with Crippen LogP contribution in [0.4, 0.5) is 10.1 Å². The third kappa shape index (κ3) is 2.99. The Kier molecular flexibility index (Phi) is 3.96. The van der Waals surface area contributed by atoms with Crippen molar-refractivity contribution in [3.8, 4) is 5.75 Å². The summed E-state index contributed by atoms with van der Waals surface area (Å²) in [7, 11) is 0. The van der Waals surface area contributed by atoms with E-state index in [1.165, 1.54) is 12.1 Å². The third-order valence-corrected chi connectivity index (χ3v) is 3.38. The molecule has 2 aromatic carbocycles. The maximum absolute atomic E-state index is 13.0. The van der Waals surface area contributed by atoms with E-state index in [0.717, 1.165) is 22.4 Å². The molecule has 0 aliphatic rings. The van der Waals surface area contributed by atoms with Gasteiger partial charge in [-0.05, 0) is 37.6 Å². The number of anilines is 1. The molecule has 19 heavy (non-hydrogen) atoms. The largest absolute Gasteiger partial charge is 0.488 e. The maximum atomic E-state index is 13.0. The van der Waals surface area contributed by atoms with Crippen molar-refractivity contribution < 1.29 is 9.13 Å². The summed E-state index contributed by atoms with van der Waals surface area (Å²) in [4.78, 5) is 0. The zero-order chi connectivity index (χ0) is 14.0. The fourth-order valence-corrected chi connectivity index (χ4v) is 2.07. The van der Waals surface area contributed by atoms with Crippen LogP contribution in [0.25, 0.3) is 0 Å². The van der Waals surface area contributed by atoms with Crippen LogP contribution in [0.1, 0.15) is 16.7 Å². The van der Waals surface area contributed by atoms with Crippen molar-refractivity contribution in [1.29, 1.82) is 0 Å². The smallest absolute Gasteiger partial charge is 0.127 e. The van der Waals surface area contributed by atoms with Crippen LogP contribution in [-0.2, 0) is 6.61 Å². The number of rotatable bonds is 3. The molecule has 0 amide bonds. The van der Waals surface area contributed by atoms with E-state index in [4.69, 9.17) is 22.1 Å². The summed E-state index contributed by atoms with van der Waals surface area (Å²) in [5.41, 5.74) is 9.18. The summed E-state index contributed by atoms with van der Waals surface area (Å²) in [5.74, 6) is 0.394. The van der Waals surface area contributed by atoms with Crippen LogP contribution >= 0.6 is 11.6 Å². The van der Waals surface area contributed by atoms with Crippen LogP contribution < -0.4 is 10.5 Å². The summed E-state index contributed by atoms with van der Waals surface area (Å²) in [6.45, 7) is 4.14. The molecule has 2 N–H and O–H groups in total. The summed E-state index contributed by atoms with van der Waals surface area (Å²) in [5, 5.41) is 0.360. The summed E-state index contributed by atoms with van der Waals surface area (Å²) in [6.07, 6.45) is 0. The average Bonchev–Trinajstić information content (AvgIpc) is 2.36.